The van der Waals surface area contributed by atoms with Crippen LogP contribution in [0.4, 0.5) is 0 Å². The van der Waals surface area contributed by atoms with Gasteiger partial charge >= 0.3 is 0 Å². The molecule has 2 nitrogen and oxygen atoms in total. The number of aryl methyl sites for hydroxylation is 1. The first-order valence-electron chi connectivity index (χ1n) is 5.48. The van der Waals surface area contributed by atoms with Crippen LogP contribution >= 0.6 is 0 Å². The molecule has 0 saturated heterocycles. The molecule has 0 aromatic heterocycles. The van der Waals surface area contributed by atoms with Crippen molar-refractivity contribution in [3.05, 3.63) is 34.9 Å². The van der Waals surface area contributed by atoms with E-state index in [1.54, 1.807) is 0 Å². The average molecular weight is 199 g/mol. The fraction of sp³-hybridized carbons (Fsp3) is 0.462. The van der Waals surface area contributed by atoms with Gasteiger partial charge in [0, 0.05) is 6.42 Å². The molecule has 2 aliphatic rings. The van der Waals surface area contributed by atoms with Crippen molar-refractivity contribution in [2.75, 3.05) is 0 Å². The highest BCUT2D eigenvalue weighted by molar-refractivity contribution is 5.52. The molecular weight excluding hydrogens is 186 g/mol. The topological polar surface area (TPSA) is 44.0 Å². The molecule has 3 rings (SSSR count). The molecule has 1 aromatic carbocycles. The zero-order valence-corrected chi connectivity index (χ0v) is 8.53. The Labute approximate surface area is 89.2 Å². The maximum atomic E-state index is 9.98. The molecule has 0 unspecified atom stereocenters. The van der Waals surface area contributed by atoms with Crippen molar-refractivity contribution in [1.82, 2.24) is 0 Å². The second kappa shape index (κ2) is 2.84. The van der Waals surface area contributed by atoms with Crippen LogP contribution in [0.5, 0.6) is 0 Å². The number of aliphatic hydroxyl groups excluding tert-OH is 1. The van der Waals surface area contributed by atoms with E-state index >= 15 is 0 Å². The quantitative estimate of drug-likeness (QED) is 0.696. The summed E-state index contributed by atoms with van der Waals surface area (Å²) in [4.78, 5) is 0. The summed E-state index contributed by atoms with van der Waals surface area (Å²) in [7, 11) is 0. The van der Waals surface area contributed by atoms with Crippen molar-refractivity contribution in [3.8, 4) is 6.07 Å². The second-order valence-corrected chi connectivity index (χ2v) is 4.65. The lowest BCUT2D eigenvalue weighted by Crippen LogP contribution is -2.26. The van der Waals surface area contributed by atoms with E-state index in [4.69, 9.17) is 0 Å². The fourth-order valence-corrected chi connectivity index (χ4v) is 3.20. The van der Waals surface area contributed by atoms with Gasteiger partial charge in [-0.05, 0) is 36.0 Å². The predicted octanol–water partition coefficient (Wildman–Crippen LogP) is 2.22. The number of aliphatic hydroxyl groups is 1. The summed E-state index contributed by atoms with van der Waals surface area (Å²) >= 11 is 0. The van der Waals surface area contributed by atoms with E-state index < -0.39 is 6.10 Å². The molecule has 0 aliphatic heterocycles. The molecule has 0 heterocycles. The summed E-state index contributed by atoms with van der Waals surface area (Å²) in [6.07, 6.45) is 3.19. The third-order valence-corrected chi connectivity index (χ3v) is 3.83. The molecule has 0 radical (unpaired) electrons. The van der Waals surface area contributed by atoms with E-state index in [1.165, 1.54) is 5.56 Å². The van der Waals surface area contributed by atoms with Crippen molar-refractivity contribution < 1.29 is 5.11 Å². The van der Waals surface area contributed by atoms with E-state index in [0.29, 0.717) is 6.42 Å². The van der Waals surface area contributed by atoms with Crippen LogP contribution < -0.4 is 0 Å². The first kappa shape index (κ1) is 8.94. The minimum Gasteiger partial charge on any atom is -0.388 e. The molecule has 0 spiro atoms. The van der Waals surface area contributed by atoms with Gasteiger partial charge in [-0.3, -0.25) is 0 Å². The minimum atomic E-state index is -0.433. The normalized spacial score (nSPS) is 32.1. The number of benzene rings is 1. The number of nitriles is 1. The van der Waals surface area contributed by atoms with Crippen LogP contribution in [0.2, 0.25) is 0 Å². The van der Waals surface area contributed by atoms with Gasteiger partial charge in [0.1, 0.15) is 0 Å². The van der Waals surface area contributed by atoms with E-state index in [-0.39, 0.29) is 5.41 Å². The summed E-state index contributed by atoms with van der Waals surface area (Å²) in [5.41, 5.74) is 3.03. The molecule has 0 bridgehead atoms. The van der Waals surface area contributed by atoms with Crippen LogP contribution in [0.3, 0.4) is 0 Å². The molecule has 0 amide bonds. The number of hydrogen-bond acceptors (Lipinski definition) is 2. The van der Waals surface area contributed by atoms with Gasteiger partial charge in [0.25, 0.3) is 0 Å². The molecule has 2 atom stereocenters. The molecule has 2 aliphatic carbocycles. The maximum Gasteiger partial charge on any atom is 0.0856 e. The van der Waals surface area contributed by atoms with Gasteiger partial charge in [-0.1, -0.05) is 18.2 Å². The summed E-state index contributed by atoms with van der Waals surface area (Å²) in [5.74, 6) is 0. The summed E-state index contributed by atoms with van der Waals surface area (Å²) in [6.45, 7) is 0. The number of nitrogens with zero attached hydrogens (tertiary/aromatic N) is 1. The van der Waals surface area contributed by atoms with Crippen LogP contribution in [-0.4, -0.2) is 5.11 Å². The van der Waals surface area contributed by atoms with Crippen LogP contribution in [0, 0.1) is 11.3 Å². The Bertz CT molecular complexity index is 460. The zero-order chi connectivity index (χ0) is 10.5. The van der Waals surface area contributed by atoms with Crippen LogP contribution in [0.1, 0.15) is 42.1 Å². The second-order valence-electron chi connectivity index (χ2n) is 4.65. The summed E-state index contributed by atoms with van der Waals surface area (Å²) in [5, 5.41) is 19.4. The maximum absolute atomic E-state index is 9.98. The van der Waals surface area contributed by atoms with E-state index in [2.05, 4.69) is 12.1 Å². The Morgan fingerprint density at radius 2 is 2.33 bits per heavy atom. The molecule has 0 saturated carbocycles. The third-order valence-electron chi connectivity index (χ3n) is 3.83. The lowest BCUT2D eigenvalue weighted by atomic mass is 9.72. The molecule has 2 heteroatoms. The van der Waals surface area contributed by atoms with Gasteiger partial charge in [-0.2, -0.15) is 5.26 Å². The molecule has 0 fully saturated rings. The van der Waals surface area contributed by atoms with E-state index in [9.17, 15) is 10.4 Å². The van der Waals surface area contributed by atoms with Crippen molar-refractivity contribution in [3.63, 3.8) is 0 Å². The summed E-state index contributed by atoms with van der Waals surface area (Å²) in [6, 6.07) is 8.51. The zero-order valence-electron chi connectivity index (χ0n) is 8.53. The van der Waals surface area contributed by atoms with Crippen molar-refractivity contribution >= 4 is 0 Å². The lowest BCUT2D eigenvalue weighted by molar-refractivity contribution is 0.161. The highest BCUT2D eigenvalue weighted by Crippen LogP contribution is 2.51. The van der Waals surface area contributed by atoms with Gasteiger partial charge in [-0.15, -0.1) is 0 Å². The van der Waals surface area contributed by atoms with E-state index in [1.807, 2.05) is 12.1 Å². The van der Waals surface area contributed by atoms with E-state index in [0.717, 1.165) is 30.4 Å². The van der Waals surface area contributed by atoms with Crippen molar-refractivity contribution in [2.45, 2.75) is 37.2 Å². The van der Waals surface area contributed by atoms with Crippen molar-refractivity contribution in [1.29, 1.82) is 5.26 Å². The SMILES string of the molecule is N#C[C@]12CCCc3cccc(c31)[C@@H](O)C2. The van der Waals surface area contributed by atoms with Crippen LogP contribution in [0.15, 0.2) is 18.2 Å². The van der Waals surface area contributed by atoms with Crippen LogP contribution in [-0.2, 0) is 11.8 Å². The first-order chi connectivity index (χ1) is 7.27. The van der Waals surface area contributed by atoms with Gasteiger partial charge in [0.2, 0.25) is 0 Å². The largest absolute Gasteiger partial charge is 0.388 e. The third kappa shape index (κ3) is 1.02. The Morgan fingerprint density at radius 1 is 1.47 bits per heavy atom. The average Bonchev–Trinajstić information content (AvgIpc) is 2.56. The molecule has 76 valence electrons. The molecule has 15 heavy (non-hydrogen) atoms. The lowest BCUT2D eigenvalue weighted by Gasteiger charge is -2.29. The summed E-state index contributed by atoms with van der Waals surface area (Å²) < 4.78 is 0. The predicted molar refractivity (Wildman–Crippen MR) is 56.2 cm³/mol. The van der Waals surface area contributed by atoms with Gasteiger partial charge in [0.05, 0.1) is 17.6 Å². The Kier molecular flexibility index (Phi) is 1.69. The Balaban J connectivity index is 2.31. The minimum absolute atomic E-state index is 0.385. The molecule has 1 N–H and O–H groups in total. The number of hydrogen-bond donors (Lipinski definition) is 1. The monoisotopic (exact) mass is 199 g/mol. The van der Waals surface area contributed by atoms with Gasteiger partial charge in [-0.25, -0.2) is 0 Å². The number of rotatable bonds is 0. The van der Waals surface area contributed by atoms with Crippen molar-refractivity contribution in [2.24, 2.45) is 0 Å². The van der Waals surface area contributed by atoms with Crippen LogP contribution in [0.25, 0.3) is 0 Å². The standard InChI is InChI=1S/C13H13NO/c14-8-13-6-2-4-9-3-1-5-10(12(9)13)11(15)7-13/h1,3,5,11,15H,2,4,6-7H2/t11-,13+/m0/s1. The molecular formula is C13H13NO. The first-order valence-corrected chi connectivity index (χ1v) is 5.48. The Hall–Kier alpha value is -1.33. The smallest absolute Gasteiger partial charge is 0.0856 e. The highest BCUT2D eigenvalue weighted by Gasteiger charge is 2.46. The van der Waals surface area contributed by atoms with Gasteiger partial charge in [0.15, 0.2) is 0 Å². The highest BCUT2D eigenvalue weighted by atomic mass is 16.3. The molecule has 1 aromatic rings. The Morgan fingerprint density at radius 3 is 3.13 bits per heavy atom. The van der Waals surface area contributed by atoms with Gasteiger partial charge < -0.3 is 5.11 Å². The fourth-order valence-electron chi connectivity index (χ4n) is 3.20.